The van der Waals surface area contributed by atoms with E-state index in [0.29, 0.717) is 12.0 Å². The Morgan fingerprint density at radius 2 is 1.75 bits per heavy atom. The number of carbonyl (C=O) groups excluding carboxylic acids is 2. The summed E-state index contributed by atoms with van der Waals surface area (Å²) in [5.74, 6) is -1.44. The SMILES string of the molecule is C=C(C)C(=O)OCCOCCCOC(=O)CP(=O)(O)O. The van der Waals surface area contributed by atoms with Gasteiger partial charge in [0.1, 0.15) is 12.8 Å². The average Bonchev–Trinajstić information content (AvgIpc) is 2.29. The van der Waals surface area contributed by atoms with Crippen LogP contribution in [0.4, 0.5) is 0 Å². The van der Waals surface area contributed by atoms with Crippen LogP contribution in [0.25, 0.3) is 0 Å². The van der Waals surface area contributed by atoms with Crippen LogP contribution in [0.2, 0.25) is 0 Å². The smallest absolute Gasteiger partial charge is 0.336 e. The van der Waals surface area contributed by atoms with E-state index < -0.39 is 25.7 Å². The van der Waals surface area contributed by atoms with Crippen molar-refractivity contribution in [1.29, 1.82) is 0 Å². The Hall–Kier alpha value is -1.21. The van der Waals surface area contributed by atoms with Crippen molar-refractivity contribution in [2.75, 3.05) is 32.6 Å². The maximum atomic E-state index is 11.0. The molecule has 0 aliphatic carbocycles. The highest BCUT2D eigenvalue weighted by Gasteiger charge is 2.19. The number of rotatable bonds is 10. The van der Waals surface area contributed by atoms with Crippen molar-refractivity contribution in [2.45, 2.75) is 13.3 Å². The van der Waals surface area contributed by atoms with Gasteiger partial charge in [0, 0.05) is 18.6 Å². The Morgan fingerprint density at radius 3 is 2.30 bits per heavy atom. The number of esters is 2. The van der Waals surface area contributed by atoms with Gasteiger partial charge in [-0.15, -0.1) is 0 Å². The summed E-state index contributed by atoms with van der Waals surface area (Å²) in [5.41, 5.74) is 0.307. The normalized spacial score (nSPS) is 10.9. The summed E-state index contributed by atoms with van der Waals surface area (Å²) in [7, 11) is -4.37. The molecule has 20 heavy (non-hydrogen) atoms. The van der Waals surface area contributed by atoms with Crippen molar-refractivity contribution in [3.8, 4) is 0 Å². The molecule has 0 saturated heterocycles. The molecule has 0 saturated carbocycles. The summed E-state index contributed by atoms with van der Waals surface area (Å²) in [5, 5.41) is 0. The summed E-state index contributed by atoms with van der Waals surface area (Å²) in [6, 6.07) is 0. The molecular weight excluding hydrogens is 291 g/mol. The van der Waals surface area contributed by atoms with Crippen LogP contribution in [-0.2, 0) is 28.4 Å². The molecule has 0 atom stereocenters. The van der Waals surface area contributed by atoms with E-state index in [4.69, 9.17) is 19.3 Å². The summed E-state index contributed by atoms with van der Waals surface area (Å²) in [6.45, 7) is 5.53. The fraction of sp³-hybridized carbons (Fsp3) is 0.636. The standard InChI is InChI=1S/C11H19O8P/c1-9(2)11(13)19-7-6-17-4-3-5-18-10(12)8-20(14,15)16/h1,3-8H2,2H3,(H2,14,15,16). The van der Waals surface area contributed by atoms with Crippen molar-refractivity contribution in [1.82, 2.24) is 0 Å². The molecule has 0 bridgehead atoms. The second kappa shape index (κ2) is 9.66. The topological polar surface area (TPSA) is 119 Å². The van der Waals surface area contributed by atoms with E-state index in [-0.39, 0.29) is 26.4 Å². The minimum absolute atomic E-state index is 0.00435. The molecule has 9 heteroatoms. The first kappa shape index (κ1) is 18.8. The lowest BCUT2D eigenvalue weighted by Gasteiger charge is -2.07. The van der Waals surface area contributed by atoms with E-state index in [1.807, 2.05) is 0 Å². The molecule has 8 nitrogen and oxygen atoms in total. The summed E-state index contributed by atoms with van der Waals surface area (Å²) < 4.78 is 24.9. The van der Waals surface area contributed by atoms with Gasteiger partial charge in [-0.25, -0.2) is 4.79 Å². The first-order valence-electron chi connectivity index (χ1n) is 5.83. The minimum atomic E-state index is -4.37. The number of hydrogen-bond acceptors (Lipinski definition) is 6. The monoisotopic (exact) mass is 310 g/mol. The second-order valence-electron chi connectivity index (χ2n) is 3.93. The lowest BCUT2D eigenvalue weighted by molar-refractivity contribution is -0.142. The molecule has 0 radical (unpaired) electrons. The Morgan fingerprint density at radius 1 is 1.10 bits per heavy atom. The van der Waals surface area contributed by atoms with Crippen LogP contribution in [0.15, 0.2) is 12.2 Å². The zero-order chi connectivity index (χ0) is 15.6. The molecule has 0 aromatic heterocycles. The van der Waals surface area contributed by atoms with Crippen LogP contribution in [0.1, 0.15) is 13.3 Å². The predicted octanol–water partition coefficient (Wildman–Crippen LogP) is 0.233. The number of carbonyl (C=O) groups is 2. The quantitative estimate of drug-likeness (QED) is 0.255. The van der Waals surface area contributed by atoms with Gasteiger partial charge in [-0.05, 0) is 6.92 Å². The van der Waals surface area contributed by atoms with Crippen molar-refractivity contribution in [3.05, 3.63) is 12.2 Å². The molecule has 0 aromatic carbocycles. The Kier molecular flexibility index (Phi) is 9.07. The minimum Gasteiger partial charge on any atom is -0.465 e. The molecule has 0 fully saturated rings. The average molecular weight is 310 g/mol. The van der Waals surface area contributed by atoms with E-state index in [9.17, 15) is 14.2 Å². The van der Waals surface area contributed by atoms with E-state index >= 15 is 0 Å². The van der Waals surface area contributed by atoms with Gasteiger partial charge >= 0.3 is 19.5 Å². The van der Waals surface area contributed by atoms with Crippen LogP contribution in [-0.4, -0.2) is 54.3 Å². The maximum absolute atomic E-state index is 11.0. The maximum Gasteiger partial charge on any atom is 0.336 e. The fourth-order valence-corrected chi connectivity index (χ4v) is 1.41. The van der Waals surface area contributed by atoms with Gasteiger partial charge in [-0.2, -0.15) is 0 Å². The first-order valence-corrected chi connectivity index (χ1v) is 7.62. The highest BCUT2D eigenvalue weighted by atomic mass is 31.2. The highest BCUT2D eigenvalue weighted by molar-refractivity contribution is 7.52. The third-order valence-electron chi connectivity index (χ3n) is 1.84. The fourth-order valence-electron chi connectivity index (χ4n) is 0.979. The molecule has 0 heterocycles. The van der Waals surface area contributed by atoms with Gasteiger partial charge in [0.2, 0.25) is 0 Å². The lowest BCUT2D eigenvalue weighted by Crippen LogP contribution is -2.14. The molecule has 0 aromatic rings. The van der Waals surface area contributed by atoms with E-state index in [1.54, 1.807) is 0 Å². The van der Waals surface area contributed by atoms with Gasteiger partial charge in [-0.1, -0.05) is 6.58 Å². The van der Waals surface area contributed by atoms with Gasteiger partial charge < -0.3 is 24.0 Å². The van der Waals surface area contributed by atoms with Crippen molar-refractivity contribution < 1.29 is 38.2 Å². The zero-order valence-electron chi connectivity index (χ0n) is 11.2. The van der Waals surface area contributed by atoms with Crippen LogP contribution >= 0.6 is 7.60 Å². The Bertz CT molecular complexity index is 386. The molecule has 2 N–H and O–H groups in total. The zero-order valence-corrected chi connectivity index (χ0v) is 12.1. The Balaban J connectivity index is 3.41. The number of hydrogen-bond donors (Lipinski definition) is 2. The van der Waals surface area contributed by atoms with Gasteiger partial charge in [0.15, 0.2) is 0 Å². The van der Waals surface area contributed by atoms with Crippen molar-refractivity contribution >= 4 is 19.5 Å². The van der Waals surface area contributed by atoms with Crippen LogP contribution < -0.4 is 0 Å². The predicted molar refractivity (Wildman–Crippen MR) is 69.1 cm³/mol. The van der Waals surface area contributed by atoms with Crippen molar-refractivity contribution in [3.63, 3.8) is 0 Å². The van der Waals surface area contributed by atoms with Crippen LogP contribution in [0.3, 0.4) is 0 Å². The summed E-state index contributed by atoms with van der Waals surface area (Å²) in [6.07, 6.45) is -0.550. The van der Waals surface area contributed by atoms with Gasteiger partial charge in [-0.3, -0.25) is 9.36 Å². The van der Waals surface area contributed by atoms with E-state index in [2.05, 4.69) is 11.3 Å². The molecule has 116 valence electrons. The third kappa shape index (κ3) is 11.9. The Labute approximate surface area is 116 Å². The van der Waals surface area contributed by atoms with Crippen molar-refractivity contribution in [2.24, 2.45) is 0 Å². The third-order valence-corrected chi connectivity index (χ3v) is 2.51. The molecule has 0 aliphatic heterocycles. The van der Waals surface area contributed by atoms with E-state index in [1.165, 1.54) is 6.92 Å². The highest BCUT2D eigenvalue weighted by Crippen LogP contribution is 2.33. The molecule has 0 unspecified atom stereocenters. The van der Waals surface area contributed by atoms with Crippen LogP contribution in [0.5, 0.6) is 0 Å². The molecule has 0 rings (SSSR count). The molecule has 0 aliphatic rings. The summed E-state index contributed by atoms with van der Waals surface area (Å²) in [4.78, 5) is 38.9. The molecule has 0 amide bonds. The van der Waals surface area contributed by atoms with Gasteiger partial charge in [0.05, 0.1) is 13.2 Å². The second-order valence-corrected chi connectivity index (χ2v) is 5.57. The molecule has 0 spiro atoms. The lowest BCUT2D eigenvalue weighted by atomic mass is 10.4. The first-order chi connectivity index (χ1) is 9.22. The summed E-state index contributed by atoms with van der Waals surface area (Å²) >= 11 is 0. The van der Waals surface area contributed by atoms with E-state index in [0.717, 1.165) is 0 Å². The van der Waals surface area contributed by atoms with Crippen LogP contribution in [0, 0.1) is 0 Å². The molecular formula is C11H19O8P. The number of ether oxygens (including phenoxy) is 3. The largest absolute Gasteiger partial charge is 0.465 e. The van der Waals surface area contributed by atoms with Gasteiger partial charge in [0.25, 0.3) is 0 Å².